The van der Waals surface area contributed by atoms with Crippen molar-refractivity contribution < 1.29 is 18.7 Å². The van der Waals surface area contributed by atoms with Gasteiger partial charge in [-0.1, -0.05) is 39.3 Å². The molecule has 2 aliphatic heterocycles. The summed E-state index contributed by atoms with van der Waals surface area (Å²) >= 11 is 6.43. The number of rotatable bonds is 6. The Morgan fingerprint density at radius 2 is 1.93 bits per heavy atom. The molecule has 0 saturated carbocycles. The van der Waals surface area contributed by atoms with Crippen LogP contribution in [0, 0.1) is 11.3 Å². The van der Waals surface area contributed by atoms with Crippen LogP contribution in [0.5, 0.6) is 5.75 Å². The van der Waals surface area contributed by atoms with Crippen LogP contribution in [0.1, 0.15) is 71.6 Å². The van der Waals surface area contributed by atoms with E-state index in [0.29, 0.717) is 53.4 Å². The number of nitriles is 1. The van der Waals surface area contributed by atoms with Crippen molar-refractivity contribution in [3.05, 3.63) is 58.2 Å². The van der Waals surface area contributed by atoms with Crippen LogP contribution in [0.25, 0.3) is 11.3 Å². The van der Waals surface area contributed by atoms with Gasteiger partial charge in [-0.05, 0) is 93.2 Å². The number of aryl methyl sites for hydroxylation is 1. The Balaban J connectivity index is 1.56. The van der Waals surface area contributed by atoms with E-state index >= 15 is 0 Å². The van der Waals surface area contributed by atoms with E-state index in [0.717, 1.165) is 35.3 Å². The van der Waals surface area contributed by atoms with Crippen LogP contribution in [0.4, 0.5) is 22.1 Å². The van der Waals surface area contributed by atoms with Crippen LogP contribution in [-0.2, 0) is 21.0 Å². The second-order valence-corrected chi connectivity index (χ2v) is 20.2. The molecule has 2 aliphatic rings. The second-order valence-electron chi connectivity index (χ2n) is 15.0. The van der Waals surface area contributed by atoms with E-state index in [1.54, 1.807) is 17.2 Å². The predicted molar refractivity (Wildman–Crippen MR) is 185 cm³/mol. The average Bonchev–Trinajstić information content (AvgIpc) is 3.27. The number of carbonyl (C=O) groups excluding carboxylic acids is 1. The maximum absolute atomic E-state index is 13.6. The van der Waals surface area contributed by atoms with E-state index in [1.165, 1.54) is 0 Å². The normalized spacial score (nSPS) is 17.9. The van der Waals surface area contributed by atoms with Crippen molar-refractivity contribution in [2.45, 2.75) is 90.5 Å². The first-order valence-corrected chi connectivity index (χ1v) is 19.0. The predicted octanol–water partition coefficient (Wildman–Crippen LogP) is 8.77. The molecule has 46 heavy (non-hydrogen) atoms. The van der Waals surface area contributed by atoms with Gasteiger partial charge in [0.25, 0.3) is 0 Å². The Hall–Kier alpha value is -3.65. The minimum atomic E-state index is -2.14. The minimum absolute atomic E-state index is 0.00688. The van der Waals surface area contributed by atoms with Gasteiger partial charge in [0, 0.05) is 35.3 Å². The quantitative estimate of drug-likeness (QED) is 0.261. The van der Waals surface area contributed by atoms with Gasteiger partial charge in [-0.15, -0.1) is 0 Å². The number of ether oxygens (including phenoxy) is 2. The van der Waals surface area contributed by atoms with Crippen molar-refractivity contribution >= 4 is 43.3 Å². The molecule has 0 radical (unpaired) electrons. The number of benzene rings is 2. The molecule has 0 spiro atoms. The number of hydrogen-bond donors (Lipinski definition) is 1. The van der Waals surface area contributed by atoms with Gasteiger partial charge in [0.15, 0.2) is 8.32 Å². The van der Waals surface area contributed by atoms with Crippen LogP contribution in [0.2, 0.25) is 23.2 Å². The molecule has 0 saturated heterocycles. The van der Waals surface area contributed by atoms with Crippen molar-refractivity contribution in [3.8, 4) is 23.1 Å². The number of carbonyl (C=O) groups is 1. The third kappa shape index (κ3) is 6.87. The summed E-state index contributed by atoms with van der Waals surface area (Å²) in [4.78, 5) is 24.4. The first kappa shape index (κ1) is 33.7. The third-order valence-corrected chi connectivity index (χ3v) is 13.7. The van der Waals surface area contributed by atoms with E-state index < -0.39 is 25.4 Å². The van der Waals surface area contributed by atoms with Crippen molar-refractivity contribution in [2.24, 2.45) is 0 Å². The molecule has 0 aliphatic carbocycles. The highest BCUT2D eigenvalue weighted by Gasteiger charge is 2.47. The Morgan fingerprint density at radius 1 is 1.20 bits per heavy atom. The lowest BCUT2D eigenvalue weighted by Crippen LogP contribution is -2.46. The van der Waals surface area contributed by atoms with Gasteiger partial charge in [0.05, 0.1) is 29.2 Å². The summed E-state index contributed by atoms with van der Waals surface area (Å²) in [5.74, 6) is 1.13. The molecule has 0 bridgehead atoms. The van der Waals surface area contributed by atoms with Crippen LogP contribution in [0.3, 0.4) is 0 Å². The molecular weight excluding hydrogens is 618 g/mol. The molecule has 9 nitrogen and oxygen atoms in total. The minimum Gasteiger partial charge on any atom is -0.491 e. The number of fused-ring (bicyclic) bond motifs is 2. The molecular formula is C35H44ClN5O4Si. The number of halogens is 1. The van der Waals surface area contributed by atoms with Crippen LogP contribution in [-0.4, -0.2) is 49.7 Å². The van der Waals surface area contributed by atoms with E-state index in [-0.39, 0.29) is 5.04 Å². The molecule has 3 aromatic rings. The standard InChI is InChI=1S/C35H44ClN5O4Si/c1-33(2,3)45-32(42)41-20-35(7,21-44-46(8,9)34(4,5)6)26-17-23(15-24(19-37)29(26)41)27-12-13-38-31(39-27)40-28-18-25(36)16-22-11-10-14-43-30(22)28/h12-13,15-18H,10-11,14,20-21H2,1-9H3,(H,38,39,40). The van der Waals surface area contributed by atoms with Crippen molar-refractivity contribution in [3.63, 3.8) is 0 Å². The second kappa shape index (κ2) is 12.2. The van der Waals surface area contributed by atoms with Gasteiger partial charge in [-0.3, -0.25) is 4.90 Å². The summed E-state index contributed by atoms with van der Waals surface area (Å²) in [7, 11) is -2.14. The fourth-order valence-corrected chi connectivity index (χ4v) is 6.87. The van der Waals surface area contributed by atoms with E-state index in [9.17, 15) is 10.1 Å². The number of nitrogens with one attached hydrogen (secondary N) is 1. The summed E-state index contributed by atoms with van der Waals surface area (Å²) in [5.41, 5.74) is 3.56. The molecule has 0 fully saturated rings. The fraction of sp³-hybridized carbons (Fsp3) is 0.486. The van der Waals surface area contributed by atoms with E-state index in [2.05, 4.69) is 57.2 Å². The number of aromatic nitrogens is 2. The average molecular weight is 662 g/mol. The van der Waals surface area contributed by atoms with Gasteiger partial charge < -0.3 is 19.2 Å². The Morgan fingerprint density at radius 3 is 2.61 bits per heavy atom. The summed E-state index contributed by atoms with van der Waals surface area (Å²) in [6, 6.07) is 11.7. The molecule has 1 amide bonds. The van der Waals surface area contributed by atoms with E-state index in [1.807, 2.05) is 45.0 Å². The highest BCUT2D eigenvalue weighted by molar-refractivity contribution is 6.74. The van der Waals surface area contributed by atoms with Gasteiger partial charge in [-0.2, -0.15) is 5.26 Å². The number of amides is 1. The molecule has 3 heterocycles. The van der Waals surface area contributed by atoms with Gasteiger partial charge >= 0.3 is 6.09 Å². The lowest BCUT2D eigenvalue weighted by molar-refractivity contribution is 0.0575. The Bertz CT molecular complexity index is 1710. The molecule has 244 valence electrons. The summed E-state index contributed by atoms with van der Waals surface area (Å²) in [6.45, 7) is 20.0. The third-order valence-electron chi connectivity index (χ3n) is 8.99. The van der Waals surface area contributed by atoms with Gasteiger partial charge in [0.2, 0.25) is 5.95 Å². The van der Waals surface area contributed by atoms with Crippen molar-refractivity contribution in [1.29, 1.82) is 5.26 Å². The number of nitrogens with zero attached hydrogens (tertiary/aromatic N) is 4. The number of anilines is 3. The largest absolute Gasteiger partial charge is 0.491 e. The number of hydrogen-bond acceptors (Lipinski definition) is 8. The molecule has 11 heteroatoms. The summed E-state index contributed by atoms with van der Waals surface area (Å²) in [5, 5.41) is 14.3. The van der Waals surface area contributed by atoms with Crippen LogP contribution >= 0.6 is 11.6 Å². The Labute approximate surface area is 278 Å². The maximum atomic E-state index is 13.6. The maximum Gasteiger partial charge on any atom is 0.414 e. The van der Waals surface area contributed by atoms with Crippen LogP contribution in [0.15, 0.2) is 36.5 Å². The lowest BCUT2D eigenvalue weighted by Gasteiger charge is -2.39. The summed E-state index contributed by atoms with van der Waals surface area (Å²) in [6.07, 6.45) is 3.00. The zero-order valence-corrected chi connectivity index (χ0v) is 30.1. The fourth-order valence-electron chi connectivity index (χ4n) is 5.52. The molecule has 1 aromatic heterocycles. The SMILES string of the molecule is CC(C)(C)OC(=O)N1CC(C)(CO[Si](C)(C)C(C)(C)C)c2cc(-c3ccnc(Nc4cc(Cl)cc5c4OCCC5)n3)cc(C#N)c21. The smallest absolute Gasteiger partial charge is 0.414 e. The molecule has 1 N–H and O–H groups in total. The lowest BCUT2D eigenvalue weighted by atomic mass is 9.83. The zero-order chi connectivity index (χ0) is 33.7. The van der Waals surface area contributed by atoms with Gasteiger partial charge in [-0.25, -0.2) is 14.8 Å². The highest BCUT2D eigenvalue weighted by Crippen LogP contribution is 2.47. The first-order chi connectivity index (χ1) is 21.4. The van der Waals surface area contributed by atoms with Crippen molar-refractivity contribution in [2.75, 3.05) is 30.0 Å². The molecule has 1 atom stereocenters. The topological polar surface area (TPSA) is 110 Å². The van der Waals surface area contributed by atoms with E-state index in [4.69, 9.17) is 30.5 Å². The van der Waals surface area contributed by atoms with Crippen molar-refractivity contribution in [1.82, 2.24) is 9.97 Å². The first-order valence-electron chi connectivity index (χ1n) is 15.7. The molecule has 5 rings (SSSR count). The van der Waals surface area contributed by atoms with Gasteiger partial charge in [0.1, 0.15) is 17.4 Å². The Kier molecular flexibility index (Phi) is 8.92. The molecule has 1 unspecified atom stereocenters. The monoisotopic (exact) mass is 661 g/mol. The van der Waals surface area contributed by atoms with Crippen LogP contribution < -0.4 is 15.0 Å². The highest BCUT2D eigenvalue weighted by atomic mass is 35.5. The zero-order valence-electron chi connectivity index (χ0n) is 28.3. The summed E-state index contributed by atoms with van der Waals surface area (Å²) < 4.78 is 18.5. The molecule has 2 aromatic carbocycles.